The predicted molar refractivity (Wildman–Crippen MR) is 100 cm³/mol. The van der Waals surface area contributed by atoms with Crippen molar-refractivity contribution in [2.24, 2.45) is 0 Å². The molecule has 1 atom stereocenters. The van der Waals surface area contributed by atoms with E-state index < -0.39 is 0 Å². The number of carbonyl (C=O) groups excluding carboxylic acids is 2. The molecule has 7 heteroatoms. The van der Waals surface area contributed by atoms with E-state index in [1.165, 1.54) is 0 Å². The van der Waals surface area contributed by atoms with Gasteiger partial charge in [0.05, 0.1) is 0 Å². The Bertz CT molecular complexity index is 787. The number of benzene rings is 1. The lowest BCUT2D eigenvalue weighted by atomic mass is 9.98. The molecule has 0 bridgehead atoms. The van der Waals surface area contributed by atoms with Crippen molar-refractivity contribution in [1.29, 1.82) is 0 Å². The van der Waals surface area contributed by atoms with E-state index in [9.17, 15) is 9.59 Å². The van der Waals surface area contributed by atoms with E-state index in [-0.39, 0.29) is 17.9 Å². The maximum atomic E-state index is 13.1. The van der Waals surface area contributed by atoms with Crippen molar-refractivity contribution in [1.82, 2.24) is 24.6 Å². The molecular formula is C20H25N5O2. The van der Waals surface area contributed by atoms with Gasteiger partial charge in [-0.05, 0) is 56.4 Å². The summed E-state index contributed by atoms with van der Waals surface area (Å²) >= 11 is 0. The number of nitrogens with zero attached hydrogens (tertiary/aromatic N) is 5. The minimum absolute atomic E-state index is 0.0859. The number of piperidine rings is 1. The van der Waals surface area contributed by atoms with Crippen LogP contribution >= 0.6 is 0 Å². The maximum absolute atomic E-state index is 13.1. The Kier molecular flexibility index (Phi) is 5.18. The minimum atomic E-state index is 0.0859. The molecule has 1 aromatic heterocycles. The van der Waals surface area contributed by atoms with Crippen molar-refractivity contribution in [2.45, 2.75) is 44.6 Å². The van der Waals surface area contributed by atoms with Gasteiger partial charge < -0.3 is 9.80 Å². The number of likely N-dealkylation sites (tertiary alicyclic amines) is 2. The van der Waals surface area contributed by atoms with Crippen LogP contribution in [0.2, 0.25) is 0 Å². The van der Waals surface area contributed by atoms with Crippen LogP contribution in [-0.4, -0.2) is 62.1 Å². The van der Waals surface area contributed by atoms with Gasteiger partial charge in [0.15, 0.2) is 0 Å². The topological polar surface area (TPSA) is 71.3 Å². The van der Waals surface area contributed by atoms with Gasteiger partial charge in [-0.25, -0.2) is 0 Å². The summed E-state index contributed by atoms with van der Waals surface area (Å²) in [4.78, 5) is 28.9. The number of hydrogen-bond donors (Lipinski definition) is 0. The first-order valence-electron chi connectivity index (χ1n) is 9.76. The summed E-state index contributed by atoms with van der Waals surface area (Å²) in [6.45, 7) is 2.43. The zero-order valence-electron chi connectivity index (χ0n) is 15.5. The third kappa shape index (κ3) is 3.86. The van der Waals surface area contributed by atoms with Crippen LogP contribution in [0.1, 0.15) is 48.9 Å². The van der Waals surface area contributed by atoms with Gasteiger partial charge >= 0.3 is 0 Å². The van der Waals surface area contributed by atoms with Gasteiger partial charge in [-0.15, -0.1) is 10.2 Å². The molecule has 1 aromatic carbocycles. The molecule has 0 spiro atoms. The van der Waals surface area contributed by atoms with Crippen LogP contribution in [0.5, 0.6) is 0 Å². The normalized spacial score (nSPS) is 20.3. The Morgan fingerprint density at radius 3 is 2.52 bits per heavy atom. The summed E-state index contributed by atoms with van der Waals surface area (Å²) in [6, 6.07) is 7.79. The predicted octanol–water partition coefficient (Wildman–Crippen LogP) is 2.27. The summed E-state index contributed by atoms with van der Waals surface area (Å²) in [5.74, 6) is 0.344. The first kappa shape index (κ1) is 17.7. The molecule has 7 nitrogen and oxygen atoms in total. The van der Waals surface area contributed by atoms with E-state index in [1.54, 1.807) is 12.7 Å². The van der Waals surface area contributed by atoms with Crippen LogP contribution in [0, 0.1) is 0 Å². The second-order valence-electron chi connectivity index (χ2n) is 7.34. The molecule has 0 radical (unpaired) electrons. The molecule has 2 aliphatic heterocycles. The minimum Gasteiger partial charge on any atom is -0.343 e. The molecule has 142 valence electrons. The van der Waals surface area contributed by atoms with Gasteiger partial charge in [-0.2, -0.15) is 0 Å². The molecule has 0 saturated carbocycles. The molecule has 2 saturated heterocycles. The molecule has 0 N–H and O–H groups in total. The lowest BCUT2D eigenvalue weighted by Crippen LogP contribution is -2.45. The molecule has 4 rings (SSSR count). The van der Waals surface area contributed by atoms with E-state index in [0.29, 0.717) is 12.0 Å². The second-order valence-corrected chi connectivity index (χ2v) is 7.34. The highest BCUT2D eigenvalue weighted by molar-refractivity contribution is 5.94. The van der Waals surface area contributed by atoms with Crippen LogP contribution in [0.4, 0.5) is 0 Å². The van der Waals surface area contributed by atoms with Crippen molar-refractivity contribution in [3.05, 3.63) is 42.5 Å². The Hall–Kier alpha value is -2.70. The summed E-state index contributed by atoms with van der Waals surface area (Å²) in [5.41, 5.74) is 1.63. The van der Waals surface area contributed by atoms with Crippen molar-refractivity contribution in [2.75, 3.05) is 19.6 Å². The van der Waals surface area contributed by atoms with Crippen LogP contribution in [0.25, 0.3) is 5.69 Å². The van der Waals surface area contributed by atoms with E-state index in [0.717, 1.165) is 57.4 Å². The van der Waals surface area contributed by atoms with Crippen LogP contribution in [0.3, 0.4) is 0 Å². The monoisotopic (exact) mass is 367 g/mol. The highest BCUT2D eigenvalue weighted by Crippen LogP contribution is 2.23. The fourth-order valence-electron chi connectivity index (χ4n) is 4.09. The number of hydrogen-bond acceptors (Lipinski definition) is 4. The molecule has 2 aromatic rings. The zero-order chi connectivity index (χ0) is 18.6. The van der Waals surface area contributed by atoms with Gasteiger partial charge in [0.1, 0.15) is 12.7 Å². The van der Waals surface area contributed by atoms with Crippen LogP contribution in [-0.2, 0) is 4.79 Å². The highest BCUT2D eigenvalue weighted by Gasteiger charge is 2.29. The van der Waals surface area contributed by atoms with Crippen molar-refractivity contribution < 1.29 is 9.59 Å². The van der Waals surface area contributed by atoms with Crippen LogP contribution in [0.15, 0.2) is 36.9 Å². The van der Waals surface area contributed by atoms with Crippen molar-refractivity contribution in [3.8, 4) is 5.69 Å². The SMILES string of the molecule is O=C1CCCN1CC[C@H]1CCCCN1C(=O)c1ccc(-n2cnnc2)cc1. The van der Waals surface area contributed by atoms with Gasteiger partial charge in [-0.1, -0.05) is 0 Å². The standard InChI is InChI=1S/C20H25N5O2/c26-19-5-3-11-23(19)13-10-18-4-1-2-12-25(18)20(27)16-6-8-17(9-7-16)24-14-21-22-15-24/h6-9,14-15,18H,1-5,10-13H2/t18-/m1/s1. The van der Waals surface area contributed by atoms with E-state index in [2.05, 4.69) is 10.2 Å². The van der Waals surface area contributed by atoms with Gasteiger partial charge in [-0.3, -0.25) is 14.2 Å². The largest absolute Gasteiger partial charge is 0.343 e. The molecule has 27 heavy (non-hydrogen) atoms. The third-order valence-corrected chi connectivity index (χ3v) is 5.62. The molecule has 2 amide bonds. The Morgan fingerprint density at radius 1 is 1.04 bits per heavy atom. The molecule has 3 heterocycles. The Labute approximate surface area is 159 Å². The average molecular weight is 367 g/mol. The first-order chi connectivity index (χ1) is 13.2. The number of amides is 2. The zero-order valence-corrected chi connectivity index (χ0v) is 15.5. The van der Waals surface area contributed by atoms with E-state index >= 15 is 0 Å². The molecule has 2 fully saturated rings. The second kappa shape index (κ2) is 7.90. The number of carbonyl (C=O) groups is 2. The van der Waals surface area contributed by atoms with Gasteiger partial charge in [0, 0.05) is 43.3 Å². The van der Waals surface area contributed by atoms with Gasteiger partial charge in [0.2, 0.25) is 5.91 Å². The Morgan fingerprint density at radius 2 is 1.81 bits per heavy atom. The van der Waals surface area contributed by atoms with Crippen LogP contribution < -0.4 is 0 Å². The highest BCUT2D eigenvalue weighted by atomic mass is 16.2. The maximum Gasteiger partial charge on any atom is 0.254 e. The fraction of sp³-hybridized carbons (Fsp3) is 0.500. The molecule has 0 aliphatic carbocycles. The Balaban J connectivity index is 1.43. The number of rotatable bonds is 5. The van der Waals surface area contributed by atoms with Crippen molar-refractivity contribution >= 4 is 11.8 Å². The summed E-state index contributed by atoms with van der Waals surface area (Å²) in [6.07, 6.45) is 8.99. The summed E-state index contributed by atoms with van der Waals surface area (Å²) in [7, 11) is 0. The molecule has 2 aliphatic rings. The quantitative estimate of drug-likeness (QED) is 0.813. The third-order valence-electron chi connectivity index (χ3n) is 5.62. The smallest absolute Gasteiger partial charge is 0.254 e. The average Bonchev–Trinajstić information content (AvgIpc) is 3.38. The lowest BCUT2D eigenvalue weighted by Gasteiger charge is -2.36. The lowest BCUT2D eigenvalue weighted by molar-refractivity contribution is -0.127. The van der Waals surface area contributed by atoms with Crippen molar-refractivity contribution in [3.63, 3.8) is 0 Å². The number of aromatic nitrogens is 3. The van der Waals surface area contributed by atoms with E-state index in [4.69, 9.17) is 0 Å². The summed E-state index contributed by atoms with van der Waals surface area (Å²) in [5, 5.41) is 7.62. The van der Waals surface area contributed by atoms with E-state index in [1.807, 2.05) is 38.6 Å². The summed E-state index contributed by atoms with van der Waals surface area (Å²) < 4.78 is 1.81. The fourth-order valence-corrected chi connectivity index (χ4v) is 4.09. The van der Waals surface area contributed by atoms with Gasteiger partial charge in [0.25, 0.3) is 5.91 Å². The molecule has 0 unspecified atom stereocenters. The molecular weight excluding hydrogens is 342 g/mol. The first-order valence-corrected chi connectivity index (χ1v) is 9.76.